The smallest absolute Gasteiger partial charge is 0.122 e. The molecule has 1 aliphatic rings. The van der Waals surface area contributed by atoms with Gasteiger partial charge in [-0.25, -0.2) is 4.98 Å². The van der Waals surface area contributed by atoms with Crippen molar-refractivity contribution in [2.45, 2.75) is 39.0 Å². The summed E-state index contributed by atoms with van der Waals surface area (Å²) in [5, 5.41) is 3.40. The molecule has 0 unspecified atom stereocenters. The summed E-state index contributed by atoms with van der Waals surface area (Å²) in [6.45, 7) is 5.81. The zero-order valence-corrected chi connectivity index (χ0v) is 9.28. The van der Waals surface area contributed by atoms with Crippen LogP contribution in [0.15, 0.2) is 12.4 Å². The van der Waals surface area contributed by atoms with Crippen LogP contribution < -0.4 is 5.32 Å². The van der Waals surface area contributed by atoms with Gasteiger partial charge < -0.3 is 14.6 Å². The molecule has 0 saturated carbocycles. The Morgan fingerprint density at radius 1 is 1.67 bits per heavy atom. The van der Waals surface area contributed by atoms with Crippen molar-refractivity contribution < 1.29 is 4.74 Å². The first kappa shape index (κ1) is 10.6. The van der Waals surface area contributed by atoms with Crippen molar-refractivity contribution in [3.8, 4) is 0 Å². The van der Waals surface area contributed by atoms with Crippen LogP contribution in [0.4, 0.5) is 0 Å². The van der Waals surface area contributed by atoms with Gasteiger partial charge in [0.15, 0.2) is 0 Å². The molecule has 1 aromatic heterocycles. The lowest BCUT2D eigenvalue weighted by Gasteiger charge is -2.11. The lowest BCUT2D eigenvalue weighted by molar-refractivity contribution is 0.109. The molecule has 4 heteroatoms. The summed E-state index contributed by atoms with van der Waals surface area (Å²) in [5.74, 6) is 1.11. The van der Waals surface area contributed by atoms with Crippen LogP contribution in [0, 0.1) is 0 Å². The number of hydrogen-bond acceptors (Lipinski definition) is 3. The minimum absolute atomic E-state index is 0.412. The van der Waals surface area contributed by atoms with Crippen molar-refractivity contribution in [3.63, 3.8) is 0 Å². The summed E-state index contributed by atoms with van der Waals surface area (Å²) in [5.41, 5.74) is 0. The van der Waals surface area contributed by atoms with Gasteiger partial charge in [0.2, 0.25) is 0 Å². The maximum Gasteiger partial charge on any atom is 0.122 e. The Morgan fingerprint density at radius 2 is 2.60 bits per heavy atom. The Kier molecular flexibility index (Phi) is 3.75. The molecule has 1 aliphatic heterocycles. The molecule has 0 aromatic carbocycles. The van der Waals surface area contributed by atoms with Crippen molar-refractivity contribution in [1.82, 2.24) is 14.9 Å². The van der Waals surface area contributed by atoms with Crippen molar-refractivity contribution >= 4 is 0 Å². The van der Waals surface area contributed by atoms with E-state index < -0.39 is 0 Å². The molecular weight excluding hydrogens is 190 g/mol. The van der Waals surface area contributed by atoms with E-state index in [0.717, 1.165) is 32.1 Å². The molecule has 0 radical (unpaired) electrons. The summed E-state index contributed by atoms with van der Waals surface area (Å²) >= 11 is 0. The van der Waals surface area contributed by atoms with E-state index in [9.17, 15) is 0 Å². The Hall–Kier alpha value is -0.870. The third-order valence-electron chi connectivity index (χ3n) is 2.82. The van der Waals surface area contributed by atoms with E-state index in [1.165, 1.54) is 12.8 Å². The predicted molar refractivity (Wildman–Crippen MR) is 58.6 cm³/mol. The summed E-state index contributed by atoms with van der Waals surface area (Å²) in [6, 6.07) is 0. The van der Waals surface area contributed by atoms with E-state index in [-0.39, 0.29) is 0 Å². The van der Waals surface area contributed by atoms with Gasteiger partial charge in [-0.2, -0.15) is 0 Å². The summed E-state index contributed by atoms with van der Waals surface area (Å²) in [4.78, 5) is 4.31. The van der Waals surface area contributed by atoms with E-state index in [1.807, 2.05) is 12.4 Å². The molecule has 2 heterocycles. The zero-order chi connectivity index (χ0) is 10.5. The minimum atomic E-state index is 0.412. The lowest BCUT2D eigenvalue weighted by atomic mass is 10.2. The lowest BCUT2D eigenvalue weighted by Crippen LogP contribution is -2.27. The molecule has 0 spiro atoms. The second-order valence-corrected chi connectivity index (χ2v) is 3.90. The summed E-state index contributed by atoms with van der Waals surface area (Å²) in [7, 11) is 0. The number of nitrogens with one attached hydrogen (secondary N) is 1. The number of nitrogens with zero attached hydrogens (tertiary/aromatic N) is 2. The van der Waals surface area contributed by atoms with Gasteiger partial charge in [-0.3, -0.25) is 0 Å². The van der Waals surface area contributed by atoms with Gasteiger partial charge in [0, 0.05) is 32.1 Å². The number of rotatable bonds is 5. The van der Waals surface area contributed by atoms with Gasteiger partial charge >= 0.3 is 0 Å². The zero-order valence-electron chi connectivity index (χ0n) is 9.28. The monoisotopic (exact) mass is 209 g/mol. The van der Waals surface area contributed by atoms with Crippen LogP contribution in [-0.2, 0) is 17.8 Å². The van der Waals surface area contributed by atoms with Gasteiger partial charge in [-0.15, -0.1) is 0 Å². The highest BCUT2D eigenvalue weighted by atomic mass is 16.5. The van der Waals surface area contributed by atoms with Crippen LogP contribution in [0.3, 0.4) is 0 Å². The Bertz CT molecular complexity index is 292. The fourth-order valence-electron chi connectivity index (χ4n) is 1.95. The van der Waals surface area contributed by atoms with Crippen molar-refractivity contribution in [1.29, 1.82) is 0 Å². The van der Waals surface area contributed by atoms with E-state index in [0.29, 0.717) is 6.10 Å². The topological polar surface area (TPSA) is 39.1 Å². The largest absolute Gasteiger partial charge is 0.377 e. The second kappa shape index (κ2) is 5.28. The molecule has 0 amide bonds. The van der Waals surface area contributed by atoms with Gasteiger partial charge in [0.25, 0.3) is 0 Å². The molecule has 1 atom stereocenters. The molecule has 1 N–H and O–H groups in total. The Labute approximate surface area is 90.6 Å². The van der Waals surface area contributed by atoms with E-state index in [4.69, 9.17) is 4.74 Å². The van der Waals surface area contributed by atoms with Crippen LogP contribution >= 0.6 is 0 Å². The standard InChI is InChI=1S/C11H19N3O/c1-2-14-6-5-13-11(14)9-12-8-10-4-3-7-15-10/h5-6,10,12H,2-4,7-9H2,1H3/t10-/m0/s1. The second-order valence-electron chi connectivity index (χ2n) is 3.90. The number of aromatic nitrogens is 2. The number of aryl methyl sites for hydroxylation is 1. The fourth-order valence-corrected chi connectivity index (χ4v) is 1.95. The average Bonchev–Trinajstić information content (AvgIpc) is 2.88. The summed E-state index contributed by atoms with van der Waals surface area (Å²) in [6.07, 6.45) is 6.68. The molecule has 15 heavy (non-hydrogen) atoms. The maximum atomic E-state index is 5.54. The molecule has 1 fully saturated rings. The highest BCUT2D eigenvalue weighted by Gasteiger charge is 2.14. The van der Waals surface area contributed by atoms with E-state index in [1.54, 1.807) is 0 Å². The third-order valence-corrected chi connectivity index (χ3v) is 2.82. The molecule has 2 rings (SSSR count). The van der Waals surface area contributed by atoms with Crippen LogP contribution in [0.5, 0.6) is 0 Å². The van der Waals surface area contributed by atoms with Gasteiger partial charge in [0.05, 0.1) is 12.6 Å². The third kappa shape index (κ3) is 2.79. The van der Waals surface area contributed by atoms with E-state index >= 15 is 0 Å². The fraction of sp³-hybridized carbons (Fsp3) is 0.727. The average molecular weight is 209 g/mol. The number of ether oxygens (including phenoxy) is 1. The SMILES string of the molecule is CCn1ccnc1CNC[C@@H]1CCCO1. The highest BCUT2D eigenvalue weighted by Crippen LogP contribution is 2.10. The van der Waals surface area contributed by atoms with Gasteiger partial charge in [-0.05, 0) is 19.8 Å². The van der Waals surface area contributed by atoms with Crippen LogP contribution in [0.1, 0.15) is 25.6 Å². The molecule has 1 aromatic rings. The molecule has 84 valence electrons. The van der Waals surface area contributed by atoms with Crippen LogP contribution in [-0.4, -0.2) is 28.8 Å². The molecular formula is C11H19N3O. The molecule has 4 nitrogen and oxygen atoms in total. The van der Waals surface area contributed by atoms with Crippen molar-refractivity contribution in [3.05, 3.63) is 18.2 Å². The predicted octanol–water partition coefficient (Wildman–Crippen LogP) is 1.17. The quantitative estimate of drug-likeness (QED) is 0.791. The van der Waals surface area contributed by atoms with Crippen LogP contribution in [0.2, 0.25) is 0 Å². The highest BCUT2D eigenvalue weighted by molar-refractivity contribution is 4.91. The maximum absolute atomic E-state index is 5.54. The van der Waals surface area contributed by atoms with Gasteiger partial charge in [-0.1, -0.05) is 0 Å². The minimum Gasteiger partial charge on any atom is -0.377 e. The molecule has 0 aliphatic carbocycles. The van der Waals surface area contributed by atoms with Gasteiger partial charge in [0.1, 0.15) is 5.82 Å². The Balaban J connectivity index is 1.73. The number of imidazole rings is 1. The first-order valence-electron chi connectivity index (χ1n) is 5.72. The Morgan fingerprint density at radius 3 is 3.33 bits per heavy atom. The van der Waals surface area contributed by atoms with Crippen molar-refractivity contribution in [2.24, 2.45) is 0 Å². The molecule has 0 bridgehead atoms. The first-order valence-corrected chi connectivity index (χ1v) is 5.72. The summed E-state index contributed by atoms with van der Waals surface area (Å²) < 4.78 is 7.69. The van der Waals surface area contributed by atoms with E-state index in [2.05, 4.69) is 21.8 Å². The molecule has 1 saturated heterocycles. The first-order chi connectivity index (χ1) is 7.40. The van der Waals surface area contributed by atoms with Crippen LogP contribution in [0.25, 0.3) is 0 Å². The number of hydrogen-bond donors (Lipinski definition) is 1. The van der Waals surface area contributed by atoms with Crippen molar-refractivity contribution in [2.75, 3.05) is 13.2 Å². The normalized spacial score (nSPS) is 21.0.